The van der Waals surface area contributed by atoms with Gasteiger partial charge in [-0.2, -0.15) is 0 Å². The summed E-state index contributed by atoms with van der Waals surface area (Å²) in [5, 5.41) is 10.1. The number of nitrogens with two attached hydrogens (primary N) is 1. The average Bonchev–Trinajstić information content (AvgIpc) is 3.03. The van der Waals surface area contributed by atoms with Gasteiger partial charge in [0, 0.05) is 50.2 Å². The van der Waals surface area contributed by atoms with Gasteiger partial charge in [-0.1, -0.05) is 55.8 Å². The fourth-order valence-corrected chi connectivity index (χ4v) is 5.16. The zero-order valence-electron chi connectivity index (χ0n) is 25.7. The van der Waals surface area contributed by atoms with Crippen molar-refractivity contribution in [1.29, 1.82) is 0 Å². The van der Waals surface area contributed by atoms with Crippen LogP contribution in [0.25, 0.3) is 11.1 Å². The maximum absolute atomic E-state index is 14.1. The third kappa shape index (κ3) is 8.84. The van der Waals surface area contributed by atoms with Crippen LogP contribution in [0.3, 0.4) is 0 Å². The van der Waals surface area contributed by atoms with Crippen molar-refractivity contribution in [2.75, 3.05) is 45.1 Å². The number of nitrogens with zero attached hydrogens (tertiary/aromatic N) is 2. The molecule has 4 rings (SSSR count). The number of ether oxygens (including phenoxy) is 1. The first-order chi connectivity index (χ1) is 21.2. The Labute approximate surface area is 264 Å². The number of β-amino-alcohol motifs (C(OH)–C–C–N with tert-alkyl or cyclic N) is 1. The van der Waals surface area contributed by atoms with Crippen molar-refractivity contribution in [3.05, 3.63) is 112 Å². The molecule has 8 heteroatoms. The predicted octanol–water partition coefficient (Wildman–Crippen LogP) is 7.20. The number of Topliss-reactive ketones (excluding diaryl/α,β-unsaturated/α-hetero) is 1. The quantitative estimate of drug-likeness (QED) is 0.0736. The third-order valence-corrected chi connectivity index (χ3v) is 8.19. The first-order valence-corrected chi connectivity index (χ1v) is 15.4. The van der Waals surface area contributed by atoms with Crippen LogP contribution in [0.4, 0.5) is 10.1 Å². The number of piperazine rings is 1. The SMILES string of the molecule is CCC(C)=C=C/C(=C(/Oc1ccc(-c2ccc(F)c(N)c2)cc1)C(=O)CC(C)c1ccc(Cl)cc1)N1CCN(CCO)CC1. The molecule has 3 aromatic rings. The molecule has 0 bridgehead atoms. The molecule has 1 aliphatic rings. The summed E-state index contributed by atoms with van der Waals surface area (Å²) in [6.07, 6.45) is 2.94. The summed E-state index contributed by atoms with van der Waals surface area (Å²) in [7, 11) is 0. The van der Waals surface area contributed by atoms with E-state index in [9.17, 15) is 14.3 Å². The van der Waals surface area contributed by atoms with Crippen molar-refractivity contribution in [2.45, 2.75) is 39.5 Å². The van der Waals surface area contributed by atoms with Gasteiger partial charge in [-0.05, 0) is 77.9 Å². The van der Waals surface area contributed by atoms with Crippen molar-refractivity contribution in [3.63, 3.8) is 0 Å². The second kappa shape index (κ2) is 15.7. The van der Waals surface area contributed by atoms with Gasteiger partial charge < -0.3 is 20.5 Å². The Kier molecular flexibility index (Phi) is 11.8. The van der Waals surface area contributed by atoms with Gasteiger partial charge in [0.05, 0.1) is 18.0 Å². The summed E-state index contributed by atoms with van der Waals surface area (Å²) in [5.74, 6) is 0.121. The number of carbonyl (C=O) groups is 1. The van der Waals surface area contributed by atoms with Crippen molar-refractivity contribution in [1.82, 2.24) is 9.80 Å². The topological polar surface area (TPSA) is 79.0 Å². The third-order valence-electron chi connectivity index (χ3n) is 7.93. The van der Waals surface area contributed by atoms with Gasteiger partial charge in [-0.3, -0.25) is 9.69 Å². The molecule has 1 saturated heterocycles. The van der Waals surface area contributed by atoms with Gasteiger partial charge in [0.2, 0.25) is 5.78 Å². The highest BCUT2D eigenvalue weighted by Gasteiger charge is 2.26. The zero-order chi connectivity index (χ0) is 31.6. The molecule has 0 saturated carbocycles. The number of benzene rings is 3. The van der Waals surface area contributed by atoms with Crippen LogP contribution in [-0.2, 0) is 4.79 Å². The van der Waals surface area contributed by atoms with Crippen LogP contribution in [0.5, 0.6) is 5.75 Å². The number of anilines is 1. The number of carbonyl (C=O) groups excluding carboxylic acids is 1. The molecule has 6 nitrogen and oxygen atoms in total. The van der Waals surface area contributed by atoms with Gasteiger partial charge >= 0.3 is 0 Å². The molecular weight excluding hydrogens is 577 g/mol. The molecule has 0 aromatic heterocycles. The Morgan fingerprint density at radius 3 is 2.34 bits per heavy atom. The monoisotopic (exact) mass is 617 g/mol. The molecule has 1 fully saturated rings. The molecule has 0 amide bonds. The van der Waals surface area contributed by atoms with Crippen molar-refractivity contribution < 1.29 is 19.0 Å². The second-order valence-electron chi connectivity index (χ2n) is 11.1. The Hall–Kier alpha value is -3.87. The molecule has 1 atom stereocenters. The van der Waals surface area contributed by atoms with E-state index >= 15 is 0 Å². The standard InChI is InChI=1S/C36H41ClFN3O3/c1-4-25(2)5-16-34(41-19-17-40(18-20-41)21-22-42)36(35(43)23-26(3)27-6-11-30(37)12-7-27)44-31-13-8-28(9-14-31)29-10-15-32(38)33(39)24-29/h6-16,24,26,42H,4,17-23,39H2,1-3H3/b36-34-. The van der Waals surface area contributed by atoms with Crippen molar-refractivity contribution in [3.8, 4) is 16.9 Å². The number of nitrogen functional groups attached to an aromatic ring is 1. The lowest BCUT2D eigenvalue weighted by Gasteiger charge is -2.36. The molecule has 3 aromatic carbocycles. The van der Waals surface area contributed by atoms with E-state index in [2.05, 4.69) is 22.5 Å². The van der Waals surface area contributed by atoms with E-state index in [-0.39, 0.29) is 36.2 Å². The summed E-state index contributed by atoms with van der Waals surface area (Å²) in [4.78, 5) is 18.5. The number of rotatable bonds is 12. The lowest BCUT2D eigenvalue weighted by atomic mass is 9.94. The number of halogens is 2. The second-order valence-corrected chi connectivity index (χ2v) is 11.6. The molecule has 232 valence electrons. The van der Waals surface area contributed by atoms with E-state index in [0.717, 1.165) is 41.8 Å². The molecule has 0 aliphatic carbocycles. The van der Waals surface area contributed by atoms with Gasteiger partial charge in [0.1, 0.15) is 11.6 Å². The highest BCUT2D eigenvalue weighted by Crippen LogP contribution is 2.29. The molecule has 0 radical (unpaired) electrons. The van der Waals surface area contributed by atoms with Crippen molar-refractivity contribution >= 4 is 23.1 Å². The highest BCUT2D eigenvalue weighted by molar-refractivity contribution is 6.30. The van der Waals surface area contributed by atoms with Gasteiger partial charge in [0.15, 0.2) is 5.76 Å². The van der Waals surface area contributed by atoms with Crippen LogP contribution in [0, 0.1) is 5.82 Å². The Morgan fingerprint density at radius 2 is 1.73 bits per heavy atom. The zero-order valence-corrected chi connectivity index (χ0v) is 26.4. The first kappa shape index (κ1) is 33.0. The average molecular weight is 618 g/mol. The fourth-order valence-electron chi connectivity index (χ4n) is 5.04. The number of allylic oxidation sites excluding steroid dienone is 2. The summed E-state index contributed by atoms with van der Waals surface area (Å²) < 4.78 is 20.2. The van der Waals surface area contributed by atoms with Crippen LogP contribution < -0.4 is 10.5 Å². The number of aliphatic hydroxyl groups is 1. The number of ketones is 1. The van der Waals surface area contributed by atoms with E-state index in [1.807, 2.05) is 56.3 Å². The number of hydrogen-bond acceptors (Lipinski definition) is 6. The fraction of sp³-hybridized carbons (Fsp3) is 0.333. The van der Waals surface area contributed by atoms with Gasteiger partial charge in [-0.25, -0.2) is 4.39 Å². The van der Waals surface area contributed by atoms with Crippen molar-refractivity contribution in [2.24, 2.45) is 0 Å². The Morgan fingerprint density at radius 1 is 1.07 bits per heavy atom. The van der Waals surface area contributed by atoms with Crippen LogP contribution in [0.1, 0.15) is 45.1 Å². The van der Waals surface area contributed by atoms with Crippen LogP contribution >= 0.6 is 11.6 Å². The minimum atomic E-state index is -0.458. The van der Waals surface area contributed by atoms with Gasteiger partial charge in [0.25, 0.3) is 0 Å². The minimum Gasteiger partial charge on any atom is -0.451 e. The first-order valence-electron chi connectivity index (χ1n) is 15.0. The van der Waals surface area contributed by atoms with E-state index in [4.69, 9.17) is 22.1 Å². The molecule has 0 spiro atoms. The van der Waals surface area contributed by atoms with E-state index < -0.39 is 5.82 Å². The Bertz CT molecular complexity index is 1520. The smallest absolute Gasteiger partial charge is 0.200 e. The molecule has 3 N–H and O–H groups in total. The van der Waals surface area contributed by atoms with E-state index in [0.29, 0.717) is 36.1 Å². The molecular formula is C36H41ClFN3O3. The summed E-state index contributed by atoms with van der Waals surface area (Å²) in [5.41, 5.74) is 13.6. The number of hydrogen-bond donors (Lipinski definition) is 2. The van der Waals surface area contributed by atoms with Crippen LogP contribution in [0.2, 0.25) is 5.02 Å². The molecule has 1 aliphatic heterocycles. The summed E-state index contributed by atoms with van der Waals surface area (Å²) in [6, 6.07) is 19.5. The Balaban J connectivity index is 1.72. The normalized spacial score (nSPS) is 14.8. The van der Waals surface area contributed by atoms with Crippen LogP contribution in [-0.4, -0.2) is 60.0 Å². The summed E-state index contributed by atoms with van der Waals surface area (Å²) in [6.45, 7) is 9.69. The lowest BCUT2D eigenvalue weighted by molar-refractivity contribution is -0.118. The maximum atomic E-state index is 14.1. The molecule has 1 unspecified atom stereocenters. The highest BCUT2D eigenvalue weighted by atomic mass is 35.5. The van der Waals surface area contributed by atoms with E-state index in [1.165, 1.54) is 6.07 Å². The maximum Gasteiger partial charge on any atom is 0.200 e. The van der Waals surface area contributed by atoms with Gasteiger partial charge in [-0.15, -0.1) is 5.73 Å². The largest absolute Gasteiger partial charge is 0.451 e. The van der Waals surface area contributed by atoms with E-state index in [1.54, 1.807) is 24.3 Å². The minimum absolute atomic E-state index is 0.0655. The summed E-state index contributed by atoms with van der Waals surface area (Å²) >= 11 is 6.10. The molecule has 1 heterocycles. The molecule has 44 heavy (non-hydrogen) atoms. The predicted molar refractivity (Wildman–Crippen MR) is 176 cm³/mol. The lowest BCUT2D eigenvalue weighted by Crippen LogP contribution is -2.47. The van der Waals surface area contributed by atoms with Crippen LogP contribution in [0.15, 0.2) is 95.6 Å². The number of aliphatic hydroxyl groups excluding tert-OH is 1.